The van der Waals surface area contributed by atoms with Gasteiger partial charge >= 0.3 is 6.43 Å². The third-order valence-corrected chi connectivity index (χ3v) is 3.00. The van der Waals surface area contributed by atoms with Crippen molar-refractivity contribution in [1.82, 2.24) is 5.32 Å². The molecule has 0 unspecified atom stereocenters. The number of carbonyl (C=O) groups is 1. The van der Waals surface area contributed by atoms with E-state index in [0.29, 0.717) is 5.56 Å². The molecule has 2 atom stereocenters. The summed E-state index contributed by atoms with van der Waals surface area (Å²) >= 11 is 2.05. The van der Waals surface area contributed by atoms with Crippen LogP contribution in [0.25, 0.3) is 0 Å². The molecule has 100 valence electrons. The number of benzene rings is 1. The molecule has 0 aliphatic rings. The summed E-state index contributed by atoms with van der Waals surface area (Å²) in [6.07, 6.45) is -4.60. The first-order chi connectivity index (χ1) is 8.45. The van der Waals surface area contributed by atoms with Crippen LogP contribution >= 0.6 is 22.6 Å². The molecule has 0 fully saturated rings. The molecule has 7 heteroatoms. The number of hydrogen-bond acceptors (Lipinski definition) is 2. The number of nitrogens with one attached hydrogen (secondary N) is 1. The second-order valence-electron chi connectivity index (χ2n) is 3.57. The highest BCUT2D eigenvalue weighted by Gasteiger charge is 2.26. The van der Waals surface area contributed by atoms with E-state index in [1.807, 2.05) is 0 Å². The van der Waals surface area contributed by atoms with Crippen molar-refractivity contribution in [2.24, 2.45) is 0 Å². The quantitative estimate of drug-likeness (QED) is 0.777. The Balaban J connectivity index is 2.75. The number of carbonyl (C=O) groups excluding carboxylic acids is 1. The second kappa shape index (κ2) is 6.93. The van der Waals surface area contributed by atoms with Gasteiger partial charge in [-0.1, -0.05) is 12.1 Å². The van der Waals surface area contributed by atoms with Crippen LogP contribution in [-0.4, -0.2) is 30.2 Å². The highest BCUT2D eigenvalue weighted by atomic mass is 127. The van der Waals surface area contributed by atoms with Gasteiger partial charge in [-0.3, -0.25) is 4.79 Å². The van der Waals surface area contributed by atoms with Crippen LogP contribution in [0.15, 0.2) is 24.3 Å². The van der Waals surface area contributed by atoms with Crippen LogP contribution in [0.2, 0.25) is 0 Å². The molecule has 1 aromatic carbocycles. The Hall–Kier alpha value is -0.830. The summed E-state index contributed by atoms with van der Waals surface area (Å²) in [6.45, 7) is -1.13. The van der Waals surface area contributed by atoms with Crippen LogP contribution < -0.4 is 5.32 Å². The van der Waals surface area contributed by atoms with Gasteiger partial charge in [0.05, 0.1) is 6.04 Å². The molecule has 0 aromatic heterocycles. The Morgan fingerprint density at radius 1 is 1.33 bits per heavy atom. The number of halogens is 4. The molecule has 0 aliphatic heterocycles. The lowest BCUT2D eigenvalue weighted by atomic mass is 10.0. The number of amides is 1. The molecule has 1 amide bonds. The Labute approximate surface area is 116 Å². The van der Waals surface area contributed by atoms with Crippen molar-refractivity contribution in [3.05, 3.63) is 33.4 Å². The highest BCUT2D eigenvalue weighted by Crippen LogP contribution is 2.19. The molecule has 18 heavy (non-hydrogen) atoms. The summed E-state index contributed by atoms with van der Waals surface area (Å²) in [5, 5.41) is 11.6. The number of alkyl halides is 3. The molecular weight excluding hydrogens is 362 g/mol. The van der Waals surface area contributed by atoms with Crippen LogP contribution in [0, 0.1) is 3.57 Å². The fraction of sp³-hybridized carbons (Fsp3) is 0.364. The summed E-state index contributed by atoms with van der Waals surface area (Å²) < 4.78 is 37.6. The lowest BCUT2D eigenvalue weighted by Gasteiger charge is -2.21. The zero-order valence-electron chi connectivity index (χ0n) is 9.12. The zero-order valence-corrected chi connectivity index (χ0v) is 11.3. The zero-order chi connectivity index (χ0) is 13.7. The summed E-state index contributed by atoms with van der Waals surface area (Å²) in [6, 6.07) is 5.08. The molecule has 2 N–H and O–H groups in total. The van der Waals surface area contributed by atoms with E-state index in [-0.39, 0.29) is 0 Å². The smallest absolute Gasteiger partial charge is 0.315 e. The predicted octanol–water partition coefficient (Wildman–Crippen LogP) is 2.04. The van der Waals surface area contributed by atoms with Gasteiger partial charge in [0.15, 0.2) is 0 Å². The monoisotopic (exact) mass is 373 g/mol. The molecule has 1 rings (SSSR count). The Morgan fingerprint density at radius 3 is 2.33 bits per heavy atom. The van der Waals surface area contributed by atoms with Crippen LogP contribution in [-0.2, 0) is 4.79 Å². The Bertz CT molecular complexity index is 400. The standard InChI is InChI=1S/C11H11F3INO2/c12-5-8(16-11(18)10(13)14)9(17)6-1-3-7(15)4-2-6/h1-4,8-10,17H,5H2,(H,16,18)/t8-,9-/m1/s1. The SMILES string of the molecule is O=C(N[C@H](CF)[C@H](O)c1ccc(I)cc1)C(F)F. The molecule has 0 spiro atoms. The van der Waals surface area contributed by atoms with Crippen molar-refractivity contribution >= 4 is 28.5 Å². The van der Waals surface area contributed by atoms with Crippen molar-refractivity contribution in [2.75, 3.05) is 6.67 Å². The molecule has 0 heterocycles. The van der Waals surface area contributed by atoms with Crippen molar-refractivity contribution in [3.8, 4) is 0 Å². The normalized spacial score (nSPS) is 14.3. The van der Waals surface area contributed by atoms with E-state index in [2.05, 4.69) is 22.6 Å². The number of aliphatic hydroxyl groups is 1. The van der Waals surface area contributed by atoms with Crippen LogP contribution in [0.4, 0.5) is 13.2 Å². The van der Waals surface area contributed by atoms with Gasteiger partial charge in [0, 0.05) is 3.57 Å². The Kier molecular flexibility index (Phi) is 5.86. The average molecular weight is 373 g/mol. The molecule has 0 aliphatic carbocycles. The largest absolute Gasteiger partial charge is 0.386 e. The van der Waals surface area contributed by atoms with E-state index < -0.39 is 31.2 Å². The molecule has 0 saturated carbocycles. The molecule has 0 radical (unpaired) electrons. The summed E-state index contributed by atoms with van der Waals surface area (Å²) in [4.78, 5) is 10.8. The minimum atomic E-state index is -3.23. The maximum Gasteiger partial charge on any atom is 0.315 e. The minimum absolute atomic E-state index is 0.354. The van der Waals surface area contributed by atoms with Crippen molar-refractivity contribution < 1.29 is 23.1 Å². The first-order valence-corrected chi connectivity index (χ1v) is 6.11. The number of aliphatic hydroxyl groups excluding tert-OH is 1. The van der Waals surface area contributed by atoms with E-state index in [1.165, 1.54) is 0 Å². The lowest BCUT2D eigenvalue weighted by Crippen LogP contribution is -2.43. The van der Waals surface area contributed by atoms with Gasteiger partial charge in [-0.15, -0.1) is 0 Å². The van der Waals surface area contributed by atoms with E-state index in [0.717, 1.165) is 3.57 Å². The predicted molar refractivity (Wildman–Crippen MR) is 68.0 cm³/mol. The van der Waals surface area contributed by atoms with Crippen molar-refractivity contribution in [3.63, 3.8) is 0 Å². The van der Waals surface area contributed by atoms with Gasteiger partial charge in [-0.2, -0.15) is 8.78 Å². The molecule has 1 aromatic rings. The van der Waals surface area contributed by atoms with Crippen molar-refractivity contribution in [2.45, 2.75) is 18.6 Å². The second-order valence-corrected chi connectivity index (χ2v) is 4.81. The lowest BCUT2D eigenvalue weighted by molar-refractivity contribution is -0.133. The van der Waals surface area contributed by atoms with Gasteiger partial charge in [-0.05, 0) is 40.3 Å². The minimum Gasteiger partial charge on any atom is -0.386 e. The van der Waals surface area contributed by atoms with Gasteiger partial charge in [0.1, 0.15) is 12.8 Å². The molecule has 3 nitrogen and oxygen atoms in total. The molecule has 0 saturated heterocycles. The topological polar surface area (TPSA) is 49.3 Å². The van der Waals surface area contributed by atoms with Gasteiger partial charge in [0.25, 0.3) is 5.91 Å². The first-order valence-electron chi connectivity index (χ1n) is 5.03. The van der Waals surface area contributed by atoms with E-state index in [4.69, 9.17) is 0 Å². The van der Waals surface area contributed by atoms with E-state index in [9.17, 15) is 23.1 Å². The first kappa shape index (κ1) is 15.2. The Morgan fingerprint density at radius 2 is 1.89 bits per heavy atom. The van der Waals surface area contributed by atoms with Crippen LogP contribution in [0.5, 0.6) is 0 Å². The number of rotatable bonds is 5. The highest BCUT2D eigenvalue weighted by molar-refractivity contribution is 14.1. The van der Waals surface area contributed by atoms with Gasteiger partial charge in [0.2, 0.25) is 0 Å². The van der Waals surface area contributed by atoms with E-state index >= 15 is 0 Å². The van der Waals surface area contributed by atoms with Crippen LogP contribution in [0.1, 0.15) is 11.7 Å². The van der Waals surface area contributed by atoms with Gasteiger partial charge < -0.3 is 10.4 Å². The van der Waals surface area contributed by atoms with Crippen LogP contribution in [0.3, 0.4) is 0 Å². The van der Waals surface area contributed by atoms with Gasteiger partial charge in [-0.25, -0.2) is 4.39 Å². The summed E-state index contributed by atoms with van der Waals surface area (Å²) in [5.74, 6) is -1.60. The fourth-order valence-electron chi connectivity index (χ4n) is 1.34. The fourth-order valence-corrected chi connectivity index (χ4v) is 1.70. The maximum atomic E-state index is 12.7. The number of hydrogen-bond donors (Lipinski definition) is 2. The third kappa shape index (κ3) is 4.13. The average Bonchev–Trinajstić information content (AvgIpc) is 2.35. The van der Waals surface area contributed by atoms with Crippen molar-refractivity contribution in [1.29, 1.82) is 0 Å². The maximum absolute atomic E-state index is 12.7. The van der Waals surface area contributed by atoms with E-state index in [1.54, 1.807) is 29.6 Å². The molecule has 0 bridgehead atoms. The summed E-state index contributed by atoms with van der Waals surface area (Å²) in [7, 11) is 0. The third-order valence-electron chi connectivity index (χ3n) is 2.28. The summed E-state index contributed by atoms with van der Waals surface area (Å²) in [5.41, 5.74) is 0.354. The molecular formula is C11H11F3INO2.